The second-order valence-corrected chi connectivity index (χ2v) is 6.15. The third-order valence-electron chi connectivity index (χ3n) is 3.48. The number of nitrogens with two attached hydrogens (primary N) is 1. The van der Waals surface area contributed by atoms with Gasteiger partial charge in [0.25, 0.3) is 0 Å². The van der Waals surface area contributed by atoms with E-state index >= 15 is 0 Å². The molecule has 0 fully saturated rings. The van der Waals surface area contributed by atoms with Crippen LogP contribution in [-0.2, 0) is 4.74 Å². The molecule has 2 N–H and O–H groups in total. The lowest BCUT2D eigenvalue weighted by molar-refractivity contribution is 0.110. The van der Waals surface area contributed by atoms with Crippen LogP contribution in [0.5, 0.6) is 5.75 Å². The third-order valence-corrected chi connectivity index (χ3v) is 3.76. The zero-order valence-corrected chi connectivity index (χ0v) is 15.4. The summed E-state index contributed by atoms with van der Waals surface area (Å²) in [4.78, 5) is 0. The van der Waals surface area contributed by atoms with Crippen LogP contribution in [0.15, 0.2) is 42.5 Å². The molecular weight excluding hydrogens is 319 g/mol. The number of ether oxygens (including phenoxy) is 2. The first-order valence-electron chi connectivity index (χ1n) is 7.97. The Morgan fingerprint density at radius 3 is 2.33 bits per heavy atom. The molecule has 24 heavy (non-hydrogen) atoms. The van der Waals surface area contributed by atoms with Crippen molar-refractivity contribution >= 4 is 32.9 Å². The van der Waals surface area contributed by atoms with E-state index in [9.17, 15) is 0 Å². The van der Waals surface area contributed by atoms with E-state index in [1.54, 1.807) is 0 Å². The van der Waals surface area contributed by atoms with Crippen LogP contribution < -0.4 is 15.1 Å². The van der Waals surface area contributed by atoms with Crippen LogP contribution in [0, 0.1) is 0 Å². The number of anilines is 2. The van der Waals surface area contributed by atoms with Gasteiger partial charge in [-0.3, -0.25) is 0 Å². The van der Waals surface area contributed by atoms with Crippen molar-refractivity contribution in [2.75, 3.05) is 37.3 Å². The minimum Gasteiger partial charge on any atom is -0.491 e. The standard InChI is InChI=1S/C19H25N2O2P/c1-3-22-12-13-23-17-9-6-15(7-10-17)4-5-16-8-11-19(21(2)24)18(20)14-16/h4-11,14H,3,12-13,20,24H2,1-2H3/b5-4+. The molecule has 4 nitrogen and oxygen atoms in total. The van der Waals surface area contributed by atoms with Crippen LogP contribution in [0.1, 0.15) is 18.1 Å². The molecule has 0 heterocycles. The van der Waals surface area contributed by atoms with Gasteiger partial charge in [-0.15, -0.1) is 0 Å². The van der Waals surface area contributed by atoms with Crippen molar-refractivity contribution in [2.24, 2.45) is 0 Å². The monoisotopic (exact) mass is 344 g/mol. The van der Waals surface area contributed by atoms with E-state index in [-0.39, 0.29) is 0 Å². The van der Waals surface area contributed by atoms with E-state index in [1.807, 2.05) is 67.2 Å². The van der Waals surface area contributed by atoms with Gasteiger partial charge in [0, 0.05) is 13.7 Å². The lowest BCUT2D eigenvalue weighted by atomic mass is 10.1. The molecule has 1 unspecified atom stereocenters. The second-order valence-electron chi connectivity index (χ2n) is 5.38. The summed E-state index contributed by atoms with van der Waals surface area (Å²) in [7, 11) is 4.55. The van der Waals surface area contributed by atoms with E-state index < -0.39 is 0 Å². The third kappa shape index (κ3) is 5.55. The highest BCUT2D eigenvalue weighted by Gasteiger charge is 2.01. The summed E-state index contributed by atoms with van der Waals surface area (Å²) < 4.78 is 12.8. The Morgan fingerprint density at radius 2 is 1.71 bits per heavy atom. The van der Waals surface area contributed by atoms with Gasteiger partial charge in [-0.1, -0.05) is 30.4 Å². The van der Waals surface area contributed by atoms with E-state index in [0.717, 1.165) is 28.3 Å². The Bertz CT molecular complexity index is 670. The molecule has 5 heteroatoms. The Labute approximate surface area is 146 Å². The quantitative estimate of drug-likeness (QED) is 0.339. The smallest absolute Gasteiger partial charge is 0.119 e. The average molecular weight is 344 g/mol. The summed E-state index contributed by atoms with van der Waals surface area (Å²) >= 11 is 0. The molecule has 0 radical (unpaired) electrons. The zero-order chi connectivity index (χ0) is 17.4. The van der Waals surface area contributed by atoms with Gasteiger partial charge in [0.2, 0.25) is 0 Å². The van der Waals surface area contributed by atoms with Gasteiger partial charge in [0.15, 0.2) is 0 Å². The molecular formula is C19H25N2O2P. The van der Waals surface area contributed by atoms with E-state index in [1.165, 1.54) is 0 Å². The Kier molecular flexibility index (Phi) is 7.10. The molecule has 0 bridgehead atoms. The van der Waals surface area contributed by atoms with Crippen LogP contribution in [0.2, 0.25) is 0 Å². The average Bonchev–Trinajstić information content (AvgIpc) is 2.57. The maximum absolute atomic E-state index is 6.06. The fourth-order valence-corrected chi connectivity index (χ4v) is 2.46. The molecule has 0 saturated carbocycles. The van der Waals surface area contributed by atoms with Gasteiger partial charge in [-0.2, -0.15) is 0 Å². The maximum Gasteiger partial charge on any atom is 0.119 e. The van der Waals surface area contributed by atoms with Crippen molar-refractivity contribution in [1.82, 2.24) is 0 Å². The van der Waals surface area contributed by atoms with E-state index in [4.69, 9.17) is 15.2 Å². The molecule has 128 valence electrons. The fourth-order valence-electron chi connectivity index (χ4n) is 2.23. The molecule has 0 amide bonds. The lowest BCUT2D eigenvalue weighted by Crippen LogP contribution is -2.06. The first-order valence-corrected chi connectivity index (χ1v) is 8.48. The normalized spacial score (nSPS) is 11.0. The van der Waals surface area contributed by atoms with Crippen LogP contribution in [-0.4, -0.2) is 26.9 Å². The molecule has 0 spiro atoms. The van der Waals surface area contributed by atoms with E-state index in [2.05, 4.69) is 15.5 Å². The van der Waals surface area contributed by atoms with Gasteiger partial charge in [0.1, 0.15) is 12.4 Å². The van der Waals surface area contributed by atoms with Gasteiger partial charge in [-0.05, 0) is 51.7 Å². The Hall–Kier alpha value is -2.03. The summed E-state index contributed by atoms with van der Waals surface area (Å²) in [5, 5.41) is 0. The SMILES string of the molecule is CCOCCOc1ccc(/C=C/c2ccc(N(C)P)c(N)c2)cc1. The summed E-state index contributed by atoms with van der Waals surface area (Å²) in [5.41, 5.74) is 9.99. The molecule has 2 aromatic rings. The maximum atomic E-state index is 6.06. The van der Waals surface area contributed by atoms with Gasteiger partial charge in [-0.25, -0.2) is 0 Å². The number of hydrogen-bond donors (Lipinski definition) is 1. The molecule has 0 aliphatic rings. The van der Waals surface area contributed by atoms with Gasteiger partial charge >= 0.3 is 0 Å². The fraction of sp³-hybridized carbons (Fsp3) is 0.263. The highest BCUT2D eigenvalue weighted by molar-refractivity contribution is 7.19. The molecule has 2 aromatic carbocycles. The Morgan fingerprint density at radius 1 is 1.04 bits per heavy atom. The first kappa shape index (κ1) is 18.3. The largest absolute Gasteiger partial charge is 0.491 e. The van der Waals surface area contributed by atoms with Crippen molar-refractivity contribution in [3.63, 3.8) is 0 Å². The van der Waals surface area contributed by atoms with Crippen LogP contribution in [0.4, 0.5) is 11.4 Å². The second kappa shape index (κ2) is 9.31. The number of benzene rings is 2. The summed E-state index contributed by atoms with van der Waals surface area (Å²) in [5.74, 6) is 0.851. The van der Waals surface area contributed by atoms with Crippen molar-refractivity contribution in [2.45, 2.75) is 6.92 Å². The predicted molar refractivity (Wildman–Crippen MR) is 106 cm³/mol. The summed E-state index contributed by atoms with van der Waals surface area (Å²) in [6.07, 6.45) is 4.11. The van der Waals surface area contributed by atoms with Crippen molar-refractivity contribution in [3.05, 3.63) is 53.6 Å². The number of nitrogens with zero attached hydrogens (tertiary/aromatic N) is 1. The topological polar surface area (TPSA) is 47.7 Å². The van der Waals surface area contributed by atoms with Crippen LogP contribution >= 0.6 is 9.39 Å². The summed E-state index contributed by atoms with van der Waals surface area (Å²) in [6, 6.07) is 14.0. The minimum absolute atomic E-state index is 0.568. The van der Waals surface area contributed by atoms with Crippen molar-refractivity contribution in [1.29, 1.82) is 0 Å². The van der Waals surface area contributed by atoms with Gasteiger partial charge in [0.05, 0.1) is 18.0 Å². The van der Waals surface area contributed by atoms with Crippen molar-refractivity contribution < 1.29 is 9.47 Å². The number of hydrogen-bond acceptors (Lipinski definition) is 4. The van der Waals surface area contributed by atoms with Crippen LogP contribution in [0.3, 0.4) is 0 Å². The molecule has 0 saturated heterocycles. The molecule has 0 aliphatic heterocycles. The highest BCUT2D eigenvalue weighted by atomic mass is 31.0. The molecule has 0 aromatic heterocycles. The lowest BCUT2D eigenvalue weighted by Gasteiger charge is -2.14. The molecule has 0 aliphatic carbocycles. The van der Waals surface area contributed by atoms with Crippen molar-refractivity contribution in [3.8, 4) is 5.75 Å². The van der Waals surface area contributed by atoms with Gasteiger partial charge < -0.3 is 19.9 Å². The van der Waals surface area contributed by atoms with Crippen LogP contribution in [0.25, 0.3) is 12.2 Å². The predicted octanol–water partition coefficient (Wildman–Crippen LogP) is 4.08. The number of nitrogen functional groups attached to an aromatic ring is 1. The first-order chi connectivity index (χ1) is 11.6. The minimum atomic E-state index is 0.568. The number of rotatable bonds is 8. The molecule has 2 rings (SSSR count). The highest BCUT2D eigenvalue weighted by Crippen LogP contribution is 2.26. The zero-order valence-electron chi connectivity index (χ0n) is 14.2. The molecule has 1 atom stereocenters. The van der Waals surface area contributed by atoms with E-state index in [0.29, 0.717) is 19.8 Å². The summed E-state index contributed by atoms with van der Waals surface area (Å²) in [6.45, 7) is 3.87. The Balaban J connectivity index is 1.95.